The van der Waals surface area contributed by atoms with Crippen LogP contribution in [0.3, 0.4) is 0 Å². The molecule has 0 aromatic heterocycles. The van der Waals surface area contributed by atoms with Crippen molar-refractivity contribution in [3.63, 3.8) is 0 Å². The largest absolute Gasteiger partial charge is 0.469 e. The molecule has 1 fully saturated rings. The van der Waals surface area contributed by atoms with Crippen LogP contribution in [0, 0.1) is 5.92 Å². The normalized spacial score (nSPS) is 19.0. The molecule has 17 heavy (non-hydrogen) atoms. The highest BCUT2D eigenvalue weighted by atomic mass is 16.5. The first-order valence-corrected chi connectivity index (χ1v) is 5.53. The number of amides is 2. The summed E-state index contributed by atoms with van der Waals surface area (Å²) < 4.78 is 4.58. The molecule has 1 aliphatic heterocycles. The predicted octanol–water partition coefficient (Wildman–Crippen LogP) is -0.514. The van der Waals surface area contributed by atoms with Crippen LogP contribution in [0.4, 0.5) is 0 Å². The van der Waals surface area contributed by atoms with Crippen LogP contribution >= 0.6 is 0 Å². The lowest BCUT2D eigenvalue weighted by molar-refractivity contribution is -0.149. The van der Waals surface area contributed by atoms with Gasteiger partial charge in [-0.15, -0.1) is 0 Å². The van der Waals surface area contributed by atoms with Gasteiger partial charge in [0.25, 0.3) is 0 Å². The summed E-state index contributed by atoms with van der Waals surface area (Å²) in [6.45, 7) is 0.980. The molecule has 0 aromatic rings. The summed E-state index contributed by atoms with van der Waals surface area (Å²) in [5.74, 6) is -1.20. The third kappa shape index (κ3) is 3.44. The van der Waals surface area contributed by atoms with Gasteiger partial charge in [-0.3, -0.25) is 14.4 Å². The molecule has 0 aliphatic carbocycles. The SMILES string of the molecule is COC(=O)CC1CCN(C(=O)C(=O)N(C)C)C1. The smallest absolute Gasteiger partial charge is 0.312 e. The van der Waals surface area contributed by atoms with Gasteiger partial charge in [0.15, 0.2) is 0 Å². The highest BCUT2D eigenvalue weighted by Gasteiger charge is 2.31. The zero-order valence-electron chi connectivity index (χ0n) is 10.4. The molecule has 0 bridgehead atoms. The number of ether oxygens (including phenoxy) is 1. The average Bonchev–Trinajstić information content (AvgIpc) is 2.75. The minimum Gasteiger partial charge on any atom is -0.469 e. The van der Waals surface area contributed by atoms with Gasteiger partial charge < -0.3 is 14.5 Å². The van der Waals surface area contributed by atoms with Gasteiger partial charge >= 0.3 is 17.8 Å². The first kappa shape index (κ1) is 13.5. The molecule has 0 radical (unpaired) electrons. The Morgan fingerprint density at radius 1 is 1.35 bits per heavy atom. The quantitative estimate of drug-likeness (QED) is 0.483. The van der Waals surface area contributed by atoms with Crippen molar-refractivity contribution in [3.8, 4) is 0 Å². The molecule has 1 rings (SSSR count). The predicted molar refractivity (Wildman–Crippen MR) is 60.0 cm³/mol. The maximum atomic E-state index is 11.7. The zero-order valence-corrected chi connectivity index (χ0v) is 10.4. The Balaban J connectivity index is 2.47. The van der Waals surface area contributed by atoms with E-state index in [4.69, 9.17) is 0 Å². The van der Waals surface area contributed by atoms with Crippen LogP contribution in [0.1, 0.15) is 12.8 Å². The maximum absolute atomic E-state index is 11.7. The Hall–Kier alpha value is -1.59. The summed E-state index contributed by atoms with van der Waals surface area (Å²) >= 11 is 0. The highest BCUT2D eigenvalue weighted by Crippen LogP contribution is 2.20. The second-order valence-corrected chi connectivity index (χ2v) is 4.39. The fourth-order valence-corrected chi connectivity index (χ4v) is 1.83. The third-order valence-electron chi connectivity index (χ3n) is 2.85. The third-order valence-corrected chi connectivity index (χ3v) is 2.85. The first-order chi connectivity index (χ1) is 7.95. The van der Waals surface area contributed by atoms with Gasteiger partial charge in [-0.05, 0) is 12.3 Å². The number of rotatable bonds is 2. The molecule has 1 saturated heterocycles. The van der Waals surface area contributed by atoms with E-state index in [1.54, 1.807) is 14.1 Å². The van der Waals surface area contributed by atoms with Crippen LogP contribution in [0.25, 0.3) is 0 Å². The first-order valence-electron chi connectivity index (χ1n) is 5.53. The summed E-state index contributed by atoms with van der Waals surface area (Å²) in [5, 5.41) is 0. The van der Waals surface area contributed by atoms with Gasteiger partial charge in [-0.2, -0.15) is 0 Å². The van der Waals surface area contributed by atoms with Crippen molar-refractivity contribution in [3.05, 3.63) is 0 Å². The fourth-order valence-electron chi connectivity index (χ4n) is 1.83. The van der Waals surface area contributed by atoms with Crippen molar-refractivity contribution >= 4 is 17.8 Å². The van der Waals surface area contributed by atoms with Crippen LogP contribution in [0.2, 0.25) is 0 Å². The highest BCUT2D eigenvalue weighted by molar-refractivity contribution is 6.34. The number of carbonyl (C=O) groups excluding carboxylic acids is 3. The molecule has 96 valence electrons. The van der Waals surface area contributed by atoms with Gasteiger partial charge in [0, 0.05) is 27.2 Å². The Bertz CT molecular complexity index is 327. The summed E-state index contributed by atoms with van der Waals surface area (Å²) in [4.78, 5) is 37.0. The standard InChI is InChI=1S/C11H18N2O4/c1-12(2)10(15)11(16)13-5-4-8(7-13)6-9(14)17-3/h8H,4-7H2,1-3H3. The molecular formula is C11H18N2O4. The van der Waals surface area contributed by atoms with E-state index in [-0.39, 0.29) is 11.9 Å². The Labute approximate surface area is 101 Å². The lowest BCUT2D eigenvalue weighted by Crippen LogP contribution is -2.41. The van der Waals surface area contributed by atoms with Gasteiger partial charge in [0.05, 0.1) is 13.5 Å². The van der Waals surface area contributed by atoms with E-state index in [2.05, 4.69) is 4.74 Å². The van der Waals surface area contributed by atoms with E-state index in [1.807, 2.05) is 0 Å². The molecule has 0 N–H and O–H groups in total. The molecule has 1 heterocycles. The number of esters is 1. The number of hydrogen-bond donors (Lipinski definition) is 0. The van der Waals surface area contributed by atoms with Crippen molar-refractivity contribution < 1.29 is 19.1 Å². The molecule has 1 atom stereocenters. The lowest BCUT2D eigenvalue weighted by Gasteiger charge is -2.18. The monoisotopic (exact) mass is 242 g/mol. The average molecular weight is 242 g/mol. The Morgan fingerprint density at radius 3 is 2.53 bits per heavy atom. The van der Waals surface area contributed by atoms with Crippen LogP contribution in [-0.4, -0.2) is 61.9 Å². The second kappa shape index (κ2) is 5.65. The van der Waals surface area contributed by atoms with Crippen molar-refractivity contribution in [2.45, 2.75) is 12.8 Å². The van der Waals surface area contributed by atoms with E-state index in [9.17, 15) is 14.4 Å². The lowest BCUT2D eigenvalue weighted by atomic mass is 10.1. The van der Waals surface area contributed by atoms with Crippen molar-refractivity contribution in [2.24, 2.45) is 5.92 Å². The second-order valence-electron chi connectivity index (χ2n) is 4.39. The topological polar surface area (TPSA) is 66.9 Å². The van der Waals surface area contributed by atoms with Crippen molar-refractivity contribution in [1.82, 2.24) is 9.80 Å². The van der Waals surface area contributed by atoms with Crippen LogP contribution in [-0.2, 0) is 19.1 Å². The minimum absolute atomic E-state index is 0.0985. The van der Waals surface area contributed by atoms with Crippen molar-refractivity contribution in [2.75, 3.05) is 34.3 Å². The van der Waals surface area contributed by atoms with E-state index in [1.165, 1.54) is 16.9 Å². The molecule has 1 unspecified atom stereocenters. The molecule has 6 nitrogen and oxygen atoms in total. The number of nitrogens with zero attached hydrogens (tertiary/aromatic N) is 2. The molecule has 6 heteroatoms. The Kier molecular flexibility index (Phi) is 4.48. The van der Waals surface area contributed by atoms with E-state index < -0.39 is 11.8 Å². The van der Waals surface area contributed by atoms with Crippen LogP contribution < -0.4 is 0 Å². The molecule has 0 aromatic carbocycles. The van der Waals surface area contributed by atoms with Gasteiger partial charge in [-0.1, -0.05) is 0 Å². The molecule has 2 amide bonds. The minimum atomic E-state index is -0.524. The van der Waals surface area contributed by atoms with Crippen LogP contribution in [0.15, 0.2) is 0 Å². The zero-order chi connectivity index (χ0) is 13.0. The molecule has 1 aliphatic rings. The fraction of sp³-hybridized carbons (Fsp3) is 0.727. The Morgan fingerprint density at radius 2 is 2.00 bits per heavy atom. The number of likely N-dealkylation sites (tertiary alicyclic amines) is 1. The van der Waals surface area contributed by atoms with E-state index in [0.717, 1.165) is 6.42 Å². The molecular weight excluding hydrogens is 224 g/mol. The molecule has 0 spiro atoms. The number of likely N-dealkylation sites (N-methyl/N-ethyl adjacent to an activating group) is 1. The summed E-state index contributed by atoms with van der Waals surface area (Å²) in [5.41, 5.74) is 0. The van der Waals surface area contributed by atoms with Gasteiger partial charge in [-0.25, -0.2) is 0 Å². The number of hydrogen-bond acceptors (Lipinski definition) is 4. The summed E-state index contributed by atoms with van der Waals surface area (Å²) in [7, 11) is 4.43. The number of carbonyl (C=O) groups is 3. The van der Waals surface area contributed by atoms with Crippen LogP contribution in [0.5, 0.6) is 0 Å². The maximum Gasteiger partial charge on any atom is 0.312 e. The number of methoxy groups -OCH3 is 1. The molecule has 0 saturated carbocycles. The van der Waals surface area contributed by atoms with E-state index >= 15 is 0 Å². The van der Waals surface area contributed by atoms with Gasteiger partial charge in [0.1, 0.15) is 0 Å². The van der Waals surface area contributed by atoms with Crippen molar-refractivity contribution in [1.29, 1.82) is 0 Å². The summed E-state index contributed by atoms with van der Waals surface area (Å²) in [6.07, 6.45) is 1.04. The van der Waals surface area contributed by atoms with E-state index in [0.29, 0.717) is 19.5 Å². The summed E-state index contributed by atoms with van der Waals surface area (Å²) in [6, 6.07) is 0. The van der Waals surface area contributed by atoms with Gasteiger partial charge in [0.2, 0.25) is 0 Å².